The molecule has 6 heteroatoms. The maximum absolute atomic E-state index is 12.0. The van der Waals surface area contributed by atoms with Gasteiger partial charge in [0.1, 0.15) is 5.76 Å². The molecule has 0 radical (unpaired) electrons. The van der Waals surface area contributed by atoms with Gasteiger partial charge in [0, 0.05) is 17.3 Å². The van der Waals surface area contributed by atoms with E-state index >= 15 is 0 Å². The van der Waals surface area contributed by atoms with Crippen LogP contribution < -0.4 is 16.0 Å². The summed E-state index contributed by atoms with van der Waals surface area (Å²) in [7, 11) is 0. The van der Waals surface area contributed by atoms with Crippen LogP contribution in [0.3, 0.4) is 0 Å². The zero-order valence-electron chi connectivity index (χ0n) is 13.5. The molecule has 0 spiro atoms. The summed E-state index contributed by atoms with van der Waals surface area (Å²) in [5, 5.41) is 8.29. The van der Waals surface area contributed by atoms with E-state index in [0.717, 1.165) is 5.56 Å². The lowest BCUT2D eigenvalue weighted by Gasteiger charge is -2.13. The number of carbonyl (C=O) groups excluding carboxylic acids is 2. The van der Waals surface area contributed by atoms with E-state index in [-0.39, 0.29) is 17.9 Å². The first-order valence-electron chi connectivity index (χ1n) is 7.44. The van der Waals surface area contributed by atoms with E-state index in [1.807, 2.05) is 32.9 Å². The third-order valence-electron chi connectivity index (χ3n) is 3.28. The fraction of sp³-hybridized carbons (Fsp3) is 0.294. The van der Waals surface area contributed by atoms with E-state index in [2.05, 4.69) is 16.0 Å². The van der Waals surface area contributed by atoms with Gasteiger partial charge < -0.3 is 20.4 Å². The number of furan rings is 1. The standard InChI is InChI=1S/C17H21N3O3/c1-11(2)16(21)19-13-7-6-12(3)15(9-13)20-17(22)18-10-14-5-4-8-23-14/h4-9,11H,10H2,1-3H3,(H,19,21)(H2,18,20,22). The van der Waals surface area contributed by atoms with Crippen LogP contribution in [0.2, 0.25) is 0 Å². The third kappa shape index (κ3) is 4.88. The lowest BCUT2D eigenvalue weighted by molar-refractivity contribution is -0.118. The minimum Gasteiger partial charge on any atom is -0.467 e. The number of rotatable bonds is 5. The molecule has 1 aromatic carbocycles. The van der Waals surface area contributed by atoms with Gasteiger partial charge >= 0.3 is 6.03 Å². The molecule has 0 saturated carbocycles. The van der Waals surface area contributed by atoms with Crippen molar-refractivity contribution < 1.29 is 14.0 Å². The first-order chi connectivity index (χ1) is 11.0. The predicted octanol–water partition coefficient (Wildman–Crippen LogP) is 3.50. The van der Waals surface area contributed by atoms with E-state index in [0.29, 0.717) is 23.7 Å². The molecular weight excluding hydrogens is 294 g/mol. The Bertz CT molecular complexity index is 678. The number of carbonyl (C=O) groups is 2. The highest BCUT2D eigenvalue weighted by Crippen LogP contribution is 2.20. The lowest BCUT2D eigenvalue weighted by Crippen LogP contribution is -2.28. The lowest BCUT2D eigenvalue weighted by atomic mass is 10.1. The average Bonchev–Trinajstić information content (AvgIpc) is 3.02. The van der Waals surface area contributed by atoms with Crippen LogP contribution in [0, 0.1) is 12.8 Å². The Morgan fingerprint density at radius 3 is 2.61 bits per heavy atom. The van der Waals surface area contributed by atoms with Crippen molar-refractivity contribution >= 4 is 23.3 Å². The van der Waals surface area contributed by atoms with Crippen molar-refractivity contribution in [3.8, 4) is 0 Å². The summed E-state index contributed by atoms with van der Waals surface area (Å²) in [5.41, 5.74) is 2.19. The number of urea groups is 1. The molecule has 0 atom stereocenters. The van der Waals surface area contributed by atoms with Gasteiger partial charge in [-0.3, -0.25) is 4.79 Å². The summed E-state index contributed by atoms with van der Waals surface area (Å²) >= 11 is 0. The Morgan fingerprint density at radius 1 is 1.17 bits per heavy atom. The van der Waals surface area contributed by atoms with Crippen LogP contribution in [0.5, 0.6) is 0 Å². The molecular formula is C17H21N3O3. The molecule has 1 aromatic heterocycles. The van der Waals surface area contributed by atoms with E-state index in [1.54, 1.807) is 24.5 Å². The fourth-order valence-electron chi connectivity index (χ4n) is 1.87. The summed E-state index contributed by atoms with van der Waals surface area (Å²) in [4.78, 5) is 23.7. The first-order valence-corrected chi connectivity index (χ1v) is 7.44. The van der Waals surface area contributed by atoms with Crippen molar-refractivity contribution in [3.63, 3.8) is 0 Å². The van der Waals surface area contributed by atoms with E-state index in [1.165, 1.54) is 0 Å². The number of aryl methyl sites for hydroxylation is 1. The monoisotopic (exact) mass is 315 g/mol. The second-order valence-electron chi connectivity index (χ2n) is 5.56. The van der Waals surface area contributed by atoms with Crippen LogP contribution in [0.4, 0.5) is 16.2 Å². The number of anilines is 2. The topological polar surface area (TPSA) is 83.4 Å². The van der Waals surface area contributed by atoms with Gasteiger partial charge in [0.2, 0.25) is 5.91 Å². The van der Waals surface area contributed by atoms with Crippen molar-refractivity contribution in [2.45, 2.75) is 27.3 Å². The molecule has 0 fully saturated rings. The molecule has 0 aliphatic carbocycles. The van der Waals surface area contributed by atoms with E-state index in [9.17, 15) is 9.59 Å². The van der Waals surface area contributed by atoms with Crippen LogP contribution >= 0.6 is 0 Å². The smallest absolute Gasteiger partial charge is 0.319 e. The van der Waals surface area contributed by atoms with Gasteiger partial charge in [0.25, 0.3) is 0 Å². The first kappa shape index (κ1) is 16.6. The molecule has 2 rings (SSSR count). The molecule has 0 bridgehead atoms. The summed E-state index contributed by atoms with van der Waals surface area (Å²) in [6, 6.07) is 8.60. The van der Waals surface area contributed by atoms with Crippen LogP contribution in [0.1, 0.15) is 25.2 Å². The van der Waals surface area contributed by atoms with Crippen molar-refractivity contribution in [1.82, 2.24) is 5.32 Å². The molecule has 0 aliphatic rings. The molecule has 3 amide bonds. The molecule has 23 heavy (non-hydrogen) atoms. The van der Waals surface area contributed by atoms with Crippen molar-refractivity contribution in [1.29, 1.82) is 0 Å². The van der Waals surface area contributed by atoms with Crippen molar-refractivity contribution in [3.05, 3.63) is 47.9 Å². The van der Waals surface area contributed by atoms with E-state index in [4.69, 9.17) is 4.42 Å². The third-order valence-corrected chi connectivity index (χ3v) is 3.28. The zero-order chi connectivity index (χ0) is 16.8. The Kier molecular flexibility index (Phi) is 5.41. The number of hydrogen-bond donors (Lipinski definition) is 3. The minimum absolute atomic E-state index is 0.0675. The number of benzene rings is 1. The van der Waals surface area contributed by atoms with E-state index < -0.39 is 0 Å². The molecule has 3 N–H and O–H groups in total. The van der Waals surface area contributed by atoms with Crippen LogP contribution in [0.25, 0.3) is 0 Å². The minimum atomic E-state index is -0.336. The highest BCUT2D eigenvalue weighted by Gasteiger charge is 2.10. The molecule has 2 aromatic rings. The highest BCUT2D eigenvalue weighted by molar-refractivity contribution is 5.94. The quantitative estimate of drug-likeness (QED) is 0.789. The zero-order valence-corrected chi connectivity index (χ0v) is 13.5. The Labute approximate surface area is 135 Å². The Morgan fingerprint density at radius 2 is 1.96 bits per heavy atom. The molecule has 6 nitrogen and oxygen atoms in total. The van der Waals surface area contributed by atoms with Crippen molar-refractivity contribution in [2.24, 2.45) is 5.92 Å². The highest BCUT2D eigenvalue weighted by atomic mass is 16.3. The number of hydrogen-bond acceptors (Lipinski definition) is 3. The number of nitrogens with one attached hydrogen (secondary N) is 3. The molecule has 0 unspecified atom stereocenters. The SMILES string of the molecule is Cc1ccc(NC(=O)C(C)C)cc1NC(=O)NCc1ccco1. The molecule has 0 aliphatic heterocycles. The normalized spacial score (nSPS) is 10.4. The second-order valence-corrected chi connectivity index (χ2v) is 5.56. The van der Waals surface area contributed by atoms with Gasteiger partial charge in [-0.25, -0.2) is 4.79 Å². The van der Waals surface area contributed by atoms with Crippen LogP contribution in [-0.4, -0.2) is 11.9 Å². The molecule has 1 heterocycles. The van der Waals surface area contributed by atoms with Gasteiger partial charge in [0.15, 0.2) is 0 Å². The number of amides is 3. The van der Waals surface area contributed by atoms with Crippen molar-refractivity contribution in [2.75, 3.05) is 10.6 Å². The van der Waals surface area contributed by atoms with Gasteiger partial charge in [-0.1, -0.05) is 19.9 Å². The van der Waals surface area contributed by atoms with Gasteiger partial charge in [-0.05, 0) is 36.8 Å². The van der Waals surface area contributed by atoms with Gasteiger partial charge in [-0.2, -0.15) is 0 Å². The van der Waals surface area contributed by atoms with Crippen LogP contribution in [-0.2, 0) is 11.3 Å². The predicted molar refractivity (Wildman–Crippen MR) is 89.2 cm³/mol. The summed E-state index contributed by atoms with van der Waals surface area (Å²) < 4.78 is 5.15. The molecule has 0 saturated heterocycles. The van der Waals surface area contributed by atoms with Gasteiger partial charge in [0.05, 0.1) is 12.8 Å². The summed E-state index contributed by atoms with van der Waals surface area (Å²) in [6.07, 6.45) is 1.56. The average molecular weight is 315 g/mol. The van der Waals surface area contributed by atoms with Gasteiger partial charge in [-0.15, -0.1) is 0 Å². The van der Waals surface area contributed by atoms with Crippen LogP contribution in [0.15, 0.2) is 41.0 Å². The maximum Gasteiger partial charge on any atom is 0.319 e. The Balaban J connectivity index is 1.98. The Hall–Kier alpha value is -2.76. The molecule has 122 valence electrons. The fourth-order valence-corrected chi connectivity index (χ4v) is 1.87. The second kappa shape index (κ2) is 7.49. The largest absolute Gasteiger partial charge is 0.467 e. The summed E-state index contributed by atoms with van der Waals surface area (Å²) in [5.74, 6) is 0.501. The maximum atomic E-state index is 12.0. The summed E-state index contributed by atoms with van der Waals surface area (Å²) in [6.45, 7) is 5.84.